The lowest BCUT2D eigenvalue weighted by Gasteiger charge is -2.39. The number of carbonyl (C=O) groups is 1. The molecule has 2 aromatic rings. The highest BCUT2D eigenvalue weighted by atomic mass is 32.2. The van der Waals surface area contributed by atoms with E-state index in [1.54, 1.807) is 41.3 Å². The molecule has 1 amide bonds. The second-order valence-corrected chi connectivity index (χ2v) is 8.09. The fourth-order valence-electron chi connectivity index (χ4n) is 3.11. The lowest BCUT2D eigenvalue weighted by Crippen LogP contribution is -2.55. The molecule has 0 N–H and O–H groups in total. The molecule has 1 aliphatic rings. The molecule has 0 spiro atoms. The van der Waals surface area contributed by atoms with E-state index in [-0.39, 0.29) is 35.5 Å². The molecule has 0 radical (unpaired) electrons. The van der Waals surface area contributed by atoms with E-state index in [1.807, 2.05) is 19.1 Å². The Kier molecular flexibility index (Phi) is 5.07. The van der Waals surface area contributed by atoms with Crippen molar-refractivity contribution in [2.75, 3.05) is 19.6 Å². The van der Waals surface area contributed by atoms with Crippen molar-refractivity contribution in [2.45, 2.75) is 17.9 Å². The largest absolute Gasteiger partial charge is 0.333 e. The molecule has 0 aromatic heterocycles. The second-order valence-electron chi connectivity index (χ2n) is 6.18. The molecule has 0 bridgehead atoms. The van der Waals surface area contributed by atoms with Crippen LogP contribution in [0.3, 0.4) is 0 Å². The van der Waals surface area contributed by atoms with Gasteiger partial charge in [-0.3, -0.25) is 4.79 Å². The summed E-state index contributed by atoms with van der Waals surface area (Å²) in [6, 6.07) is 16.8. The first-order valence-electron chi connectivity index (χ1n) is 8.30. The van der Waals surface area contributed by atoms with Gasteiger partial charge in [-0.2, -0.15) is 9.57 Å². The standard InChI is InChI=1S/C19H19N3O3S/c1-15-14-21(26(24,25)18-10-6-5-9-17(18)13-20)11-12-22(15)19(23)16-7-3-2-4-8-16/h2-10,15H,11-12,14H2,1H3/t15-/m0/s1. The fraction of sp³-hybridized carbons (Fsp3) is 0.263. The van der Waals surface area contributed by atoms with Crippen molar-refractivity contribution in [2.24, 2.45) is 0 Å². The molecule has 0 aliphatic carbocycles. The average molecular weight is 369 g/mol. The summed E-state index contributed by atoms with van der Waals surface area (Å²) in [7, 11) is -3.78. The Hall–Kier alpha value is -2.69. The lowest BCUT2D eigenvalue weighted by molar-refractivity contribution is 0.0591. The molecular weight excluding hydrogens is 350 g/mol. The summed E-state index contributed by atoms with van der Waals surface area (Å²) in [4.78, 5) is 14.4. The van der Waals surface area contributed by atoms with Crippen LogP contribution in [-0.2, 0) is 10.0 Å². The number of nitrogens with zero attached hydrogens (tertiary/aromatic N) is 3. The Labute approximate surface area is 153 Å². The SMILES string of the molecule is C[C@H]1CN(S(=O)(=O)c2ccccc2C#N)CCN1C(=O)c1ccccc1. The van der Waals surface area contributed by atoms with E-state index in [9.17, 15) is 18.5 Å². The topological polar surface area (TPSA) is 81.5 Å². The summed E-state index contributed by atoms with van der Waals surface area (Å²) in [6.45, 7) is 2.53. The van der Waals surface area contributed by atoms with Gasteiger partial charge < -0.3 is 4.90 Å². The predicted octanol–water partition coefficient (Wildman–Crippen LogP) is 2.09. The number of carbonyl (C=O) groups excluding carboxylic acids is 1. The highest BCUT2D eigenvalue weighted by molar-refractivity contribution is 7.89. The van der Waals surface area contributed by atoms with E-state index in [4.69, 9.17) is 0 Å². The second kappa shape index (κ2) is 7.28. The number of rotatable bonds is 3. The molecule has 26 heavy (non-hydrogen) atoms. The van der Waals surface area contributed by atoms with Crippen molar-refractivity contribution >= 4 is 15.9 Å². The highest BCUT2D eigenvalue weighted by Crippen LogP contribution is 2.23. The van der Waals surface area contributed by atoms with Crippen LogP contribution in [0.15, 0.2) is 59.5 Å². The average Bonchev–Trinajstić information content (AvgIpc) is 2.68. The summed E-state index contributed by atoms with van der Waals surface area (Å²) >= 11 is 0. The smallest absolute Gasteiger partial charge is 0.254 e. The molecular formula is C19H19N3O3S. The third-order valence-corrected chi connectivity index (χ3v) is 6.42. The van der Waals surface area contributed by atoms with Crippen LogP contribution in [0, 0.1) is 11.3 Å². The fourth-order valence-corrected chi connectivity index (χ4v) is 4.77. The van der Waals surface area contributed by atoms with Gasteiger partial charge >= 0.3 is 0 Å². The first-order valence-corrected chi connectivity index (χ1v) is 9.74. The third-order valence-electron chi connectivity index (χ3n) is 4.50. The molecule has 3 rings (SSSR count). The van der Waals surface area contributed by atoms with E-state index < -0.39 is 10.0 Å². The van der Waals surface area contributed by atoms with Crippen LogP contribution >= 0.6 is 0 Å². The number of benzene rings is 2. The van der Waals surface area contributed by atoms with Gasteiger partial charge in [0.25, 0.3) is 5.91 Å². The lowest BCUT2D eigenvalue weighted by atomic mass is 10.1. The molecule has 7 heteroatoms. The molecule has 6 nitrogen and oxygen atoms in total. The molecule has 0 saturated carbocycles. The maximum Gasteiger partial charge on any atom is 0.254 e. The molecule has 1 atom stereocenters. The summed E-state index contributed by atoms with van der Waals surface area (Å²) in [6.07, 6.45) is 0. The van der Waals surface area contributed by atoms with Crippen molar-refractivity contribution in [3.8, 4) is 6.07 Å². The first kappa shape index (κ1) is 18.1. The Bertz CT molecular complexity index is 951. The van der Waals surface area contributed by atoms with Crippen LogP contribution < -0.4 is 0 Å². The molecule has 2 aromatic carbocycles. The van der Waals surface area contributed by atoms with Gasteiger partial charge in [-0.05, 0) is 31.2 Å². The van der Waals surface area contributed by atoms with Gasteiger partial charge in [0.1, 0.15) is 6.07 Å². The Morgan fingerprint density at radius 2 is 1.73 bits per heavy atom. The van der Waals surface area contributed by atoms with Crippen LogP contribution in [0.4, 0.5) is 0 Å². The first-order chi connectivity index (χ1) is 12.4. The zero-order valence-corrected chi connectivity index (χ0v) is 15.2. The van der Waals surface area contributed by atoms with Gasteiger partial charge in [-0.1, -0.05) is 30.3 Å². The van der Waals surface area contributed by atoms with Gasteiger partial charge in [0.05, 0.1) is 10.5 Å². The Morgan fingerprint density at radius 3 is 2.38 bits per heavy atom. The molecule has 1 fully saturated rings. The zero-order valence-electron chi connectivity index (χ0n) is 14.4. The maximum absolute atomic E-state index is 12.9. The van der Waals surface area contributed by atoms with Crippen LogP contribution in [-0.4, -0.2) is 49.2 Å². The Balaban J connectivity index is 1.80. The minimum atomic E-state index is -3.78. The van der Waals surface area contributed by atoms with Crippen LogP contribution in [0.5, 0.6) is 0 Å². The number of hydrogen-bond donors (Lipinski definition) is 0. The van der Waals surface area contributed by atoms with E-state index in [2.05, 4.69) is 0 Å². The van der Waals surface area contributed by atoms with Gasteiger partial charge in [-0.25, -0.2) is 8.42 Å². The molecule has 1 heterocycles. The monoisotopic (exact) mass is 369 g/mol. The molecule has 1 aliphatic heterocycles. The molecule has 134 valence electrons. The van der Waals surface area contributed by atoms with Crippen molar-refractivity contribution in [3.05, 3.63) is 65.7 Å². The number of nitriles is 1. The zero-order chi connectivity index (χ0) is 18.7. The number of piperazine rings is 1. The quantitative estimate of drug-likeness (QED) is 0.830. The Morgan fingerprint density at radius 1 is 1.08 bits per heavy atom. The van der Waals surface area contributed by atoms with Crippen molar-refractivity contribution in [3.63, 3.8) is 0 Å². The summed E-state index contributed by atoms with van der Waals surface area (Å²) < 4.78 is 27.2. The molecule has 1 saturated heterocycles. The van der Waals surface area contributed by atoms with Crippen molar-refractivity contribution in [1.29, 1.82) is 5.26 Å². The van der Waals surface area contributed by atoms with Gasteiger partial charge in [0.15, 0.2) is 0 Å². The van der Waals surface area contributed by atoms with Gasteiger partial charge in [0.2, 0.25) is 10.0 Å². The van der Waals surface area contributed by atoms with Crippen LogP contribution in [0.1, 0.15) is 22.8 Å². The summed E-state index contributed by atoms with van der Waals surface area (Å²) in [5.74, 6) is -0.104. The van der Waals surface area contributed by atoms with E-state index in [1.165, 1.54) is 16.4 Å². The van der Waals surface area contributed by atoms with Crippen molar-refractivity contribution in [1.82, 2.24) is 9.21 Å². The van der Waals surface area contributed by atoms with Crippen LogP contribution in [0.2, 0.25) is 0 Å². The normalized spacial score (nSPS) is 18.3. The van der Waals surface area contributed by atoms with Crippen LogP contribution in [0.25, 0.3) is 0 Å². The van der Waals surface area contributed by atoms with E-state index in [0.717, 1.165) is 0 Å². The number of sulfonamides is 1. The van der Waals surface area contributed by atoms with Gasteiger partial charge in [-0.15, -0.1) is 0 Å². The minimum Gasteiger partial charge on any atom is -0.333 e. The predicted molar refractivity (Wildman–Crippen MR) is 96.9 cm³/mol. The maximum atomic E-state index is 12.9. The van der Waals surface area contributed by atoms with Gasteiger partial charge in [0, 0.05) is 31.2 Å². The number of amides is 1. The van der Waals surface area contributed by atoms with E-state index >= 15 is 0 Å². The summed E-state index contributed by atoms with van der Waals surface area (Å²) in [5.41, 5.74) is 0.716. The third kappa shape index (κ3) is 3.34. The minimum absolute atomic E-state index is 0.0116. The number of hydrogen-bond acceptors (Lipinski definition) is 4. The van der Waals surface area contributed by atoms with Crippen molar-refractivity contribution < 1.29 is 13.2 Å². The summed E-state index contributed by atoms with van der Waals surface area (Å²) in [5, 5.41) is 9.19. The van der Waals surface area contributed by atoms with E-state index in [0.29, 0.717) is 12.1 Å². The molecule has 0 unspecified atom stereocenters. The highest BCUT2D eigenvalue weighted by Gasteiger charge is 2.35.